The highest BCUT2D eigenvalue weighted by molar-refractivity contribution is 9.22. The summed E-state index contributed by atoms with van der Waals surface area (Å²) in [5.41, 5.74) is 0. The van der Waals surface area contributed by atoms with Crippen LogP contribution in [0.3, 0.4) is 0 Å². The van der Waals surface area contributed by atoms with Gasteiger partial charge in [0.15, 0.2) is 0 Å². The molecule has 1 aromatic rings. The Kier molecular flexibility index (Phi) is 7.03. The van der Waals surface area contributed by atoms with Gasteiger partial charge in [0.1, 0.15) is 0 Å². The number of rotatable bonds is 3. The van der Waals surface area contributed by atoms with Gasteiger partial charge in [-0.25, -0.2) is 10.3 Å². The summed E-state index contributed by atoms with van der Waals surface area (Å²) < 4.78 is 40.3. The Hall–Kier alpha value is -0.260. The lowest BCUT2D eigenvalue weighted by molar-refractivity contribution is 0.610. The predicted molar refractivity (Wildman–Crippen MR) is 67.8 cm³/mol. The zero-order valence-electron chi connectivity index (χ0n) is 7.88. The van der Waals surface area contributed by atoms with E-state index in [2.05, 4.69) is 10.3 Å². The van der Waals surface area contributed by atoms with Crippen LogP contribution in [0.25, 0.3) is 0 Å². The van der Waals surface area contributed by atoms with Crippen LogP contribution in [0.5, 0.6) is 0 Å². The van der Waals surface area contributed by atoms with Crippen LogP contribution in [-0.4, -0.2) is 16.8 Å². The molecule has 0 radical (unpaired) electrons. The summed E-state index contributed by atoms with van der Waals surface area (Å²) in [6.45, 7) is 0. The largest absolute Gasteiger partial charge is 0.273 e. The second-order valence-corrected chi connectivity index (χ2v) is 10.6. The number of hydrogen-bond acceptors (Lipinski definition) is 6. The summed E-state index contributed by atoms with van der Waals surface area (Å²) >= 11 is 0. The van der Waals surface area contributed by atoms with Gasteiger partial charge in [0.05, 0.1) is 19.7 Å². The number of nitrogens with two attached hydrogens (primary N) is 2. The van der Waals surface area contributed by atoms with Gasteiger partial charge in [-0.05, 0) is 0 Å². The average Bonchev–Trinajstić information content (AvgIpc) is 2.17. The highest BCUT2D eigenvalue weighted by Crippen LogP contribution is 2.28. The van der Waals surface area contributed by atoms with Gasteiger partial charge in [-0.15, -0.1) is 0 Å². The van der Waals surface area contributed by atoms with E-state index in [0.717, 1.165) is 0 Å². The van der Waals surface area contributed by atoms with Gasteiger partial charge in [0, 0.05) is 0 Å². The minimum Gasteiger partial charge on any atom is -0.219 e. The fourth-order valence-electron chi connectivity index (χ4n) is 0.462. The maximum atomic E-state index is 10.1. The molecule has 92 valence electrons. The molecule has 1 rings (SSSR count). The zero-order valence-corrected chi connectivity index (χ0v) is 11.2. The molecule has 0 aliphatic heterocycles. The second kappa shape index (κ2) is 7.14. The summed E-state index contributed by atoms with van der Waals surface area (Å²) in [7, 11) is -7.69. The van der Waals surface area contributed by atoms with E-state index in [1.165, 1.54) is 0 Å². The van der Waals surface area contributed by atoms with Crippen molar-refractivity contribution in [1.29, 1.82) is 0 Å². The van der Waals surface area contributed by atoms with Crippen molar-refractivity contribution in [1.82, 2.24) is 0 Å². The van der Waals surface area contributed by atoms with Crippen molar-refractivity contribution in [2.24, 2.45) is 10.3 Å². The highest BCUT2D eigenvalue weighted by Gasteiger charge is 2.11. The van der Waals surface area contributed by atoms with E-state index in [-0.39, 0.29) is 19.7 Å². The third-order valence-corrected chi connectivity index (χ3v) is 8.04. The molecule has 4 N–H and O–H groups in total. The van der Waals surface area contributed by atoms with Gasteiger partial charge >= 0.3 is 0 Å². The molecule has 0 bridgehead atoms. The molecule has 10 heteroatoms. The first-order valence-corrected chi connectivity index (χ1v) is 9.91. The lowest BCUT2D eigenvalue weighted by Gasteiger charge is -1.91. The molecule has 0 fully saturated rings. The van der Waals surface area contributed by atoms with Crippen LogP contribution in [0.15, 0.2) is 36.4 Å². The van der Waals surface area contributed by atoms with Gasteiger partial charge in [-0.1, -0.05) is 36.4 Å². The van der Waals surface area contributed by atoms with E-state index in [1.807, 2.05) is 36.4 Å². The summed E-state index contributed by atoms with van der Waals surface area (Å²) in [6, 6.07) is 12.0. The maximum absolute atomic E-state index is 10.1. The van der Waals surface area contributed by atoms with Gasteiger partial charge in [0.2, 0.25) is 0 Å². The molecular weight excluding hydrogens is 292 g/mol. The quantitative estimate of drug-likeness (QED) is 0.783. The molecule has 0 aliphatic carbocycles. The third-order valence-electron chi connectivity index (χ3n) is 0.884. The molecule has 6 nitrogen and oxygen atoms in total. The third kappa shape index (κ3) is 13.7. The predicted octanol–water partition coefficient (Wildman–Crippen LogP) is 0.461. The monoisotopic (exact) mass is 302 g/mol. The zero-order chi connectivity index (χ0) is 12.7. The van der Waals surface area contributed by atoms with E-state index in [1.54, 1.807) is 0 Å². The maximum Gasteiger partial charge on any atom is 0.273 e. The normalized spacial score (nSPS) is 11.4. The Morgan fingerprint density at radius 1 is 0.625 bits per heavy atom. The first-order valence-electron chi connectivity index (χ1n) is 3.64. The molecule has 0 saturated carbocycles. The van der Waals surface area contributed by atoms with Crippen molar-refractivity contribution in [3.63, 3.8) is 0 Å². The van der Waals surface area contributed by atoms with Crippen LogP contribution in [-0.2, 0) is 18.1 Å². The van der Waals surface area contributed by atoms with Crippen LogP contribution in [0.2, 0.25) is 0 Å². The Bertz CT molecular complexity index is 426. The minimum atomic E-state index is -3.84. The molecule has 1 aromatic carbocycles. The van der Waals surface area contributed by atoms with E-state index >= 15 is 0 Å². The van der Waals surface area contributed by atoms with Crippen molar-refractivity contribution >= 4 is 37.8 Å². The summed E-state index contributed by atoms with van der Waals surface area (Å²) in [5, 5.41) is 8.87. The molecule has 0 saturated heterocycles. The summed E-state index contributed by atoms with van der Waals surface area (Å²) in [6.07, 6.45) is 0. The first kappa shape index (κ1) is 15.7. The average molecular weight is 302 g/mol. The fraction of sp³-hybridized carbons (Fsp3) is 0. The molecule has 16 heavy (non-hydrogen) atoms. The summed E-state index contributed by atoms with van der Waals surface area (Å²) in [5.74, 6) is 0. The molecule has 0 spiro atoms. The molecular formula is C6H10N2O4S4. The van der Waals surface area contributed by atoms with Crippen LogP contribution < -0.4 is 10.3 Å². The lowest BCUT2D eigenvalue weighted by atomic mass is 10.4. The van der Waals surface area contributed by atoms with E-state index < -0.39 is 18.1 Å². The molecule has 0 heterocycles. The van der Waals surface area contributed by atoms with Gasteiger partial charge in [0.25, 0.3) is 18.1 Å². The number of benzene rings is 1. The van der Waals surface area contributed by atoms with Crippen LogP contribution in [0.4, 0.5) is 0 Å². The Labute approximate surface area is 101 Å². The van der Waals surface area contributed by atoms with Crippen molar-refractivity contribution in [2.45, 2.75) is 0 Å². The second-order valence-electron chi connectivity index (χ2n) is 2.28. The topological polar surface area (TPSA) is 120 Å². The lowest BCUT2D eigenvalue weighted by Crippen LogP contribution is -2.09. The van der Waals surface area contributed by atoms with Gasteiger partial charge < -0.3 is 0 Å². The fourth-order valence-corrected chi connectivity index (χ4v) is 6.66. The van der Waals surface area contributed by atoms with Crippen LogP contribution in [0, 0.1) is 0 Å². The van der Waals surface area contributed by atoms with Crippen molar-refractivity contribution in [3.8, 4) is 0 Å². The Morgan fingerprint density at radius 2 is 0.812 bits per heavy atom. The standard InChI is InChI=1S/C6H6.H4N2O4S4/c1-2-4-6-5-3-1;1-9(3,4)7-8-10(2,5)6/h1-6H;(H2,1,3,4)(H2,2,5,6). The SMILES string of the molecule is NS(=O)(=O)SSS(N)(=O)=O.c1ccccc1. The van der Waals surface area contributed by atoms with E-state index in [9.17, 15) is 16.8 Å². The van der Waals surface area contributed by atoms with Crippen LogP contribution in [0.1, 0.15) is 0 Å². The molecule has 0 atom stereocenters. The van der Waals surface area contributed by atoms with Crippen molar-refractivity contribution < 1.29 is 16.8 Å². The van der Waals surface area contributed by atoms with Crippen LogP contribution >= 0.6 is 19.7 Å². The van der Waals surface area contributed by atoms with Crippen molar-refractivity contribution in [2.75, 3.05) is 0 Å². The number of hydrogen-bond donors (Lipinski definition) is 2. The van der Waals surface area contributed by atoms with E-state index in [4.69, 9.17) is 0 Å². The molecule has 0 aromatic heterocycles. The first-order chi connectivity index (χ1) is 7.21. The summed E-state index contributed by atoms with van der Waals surface area (Å²) in [4.78, 5) is 0. The molecule has 0 aliphatic rings. The Morgan fingerprint density at radius 3 is 0.938 bits per heavy atom. The minimum absolute atomic E-state index is 0.00579. The molecule has 0 amide bonds. The highest BCUT2D eigenvalue weighted by atomic mass is 33.7. The Balaban J connectivity index is 0.000000315. The van der Waals surface area contributed by atoms with E-state index in [0.29, 0.717) is 0 Å². The van der Waals surface area contributed by atoms with Crippen molar-refractivity contribution in [3.05, 3.63) is 36.4 Å². The van der Waals surface area contributed by atoms with Gasteiger partial charge in [-0.2, -0.15) is 16.8 Å². The van der Waals surface area contributed by atoms with Gasteiger partial charge in [-0.3, -0.25) is 0 Å². The smallest absolute Gasteiger partial charge is 0.219 e. The molecule has 0 unspecified atom stereocenters.